The van der Waals surface area contributed by atoms with E-state index in [9.17, 15) is 14.4 Å². The van der Waals surface area contributed by atoms with Crippen LogP contribution in [0.2, 0.25) is 0 Å². The summed E-state index contributed by atoms with van der Waals surface area (Å²) in [5, 5.41) is 0. The zero-order valence-electron chi connectivity index (χ0n) is 42.5. The second-order valence-corrected chi connectivity index (χ2v) is 17.8. The van der Waals surface area contributed by atoms with Crippen LogP contribution in [0.4, 0.5) is 0 Å². The van der Waals surface area contributed by atoms with Crippen molar-refractivity contribution in [1.82, 2.24) is 0 Å². The fraction of sp³-hybridized carbons (Fsp3) is 0.712. The Bertz CT molecular complexity index is 1270. The topological polar surface area (TPSA) is 78.9 Å². The van der Waals surface area contributed by atoms with Crippen LogP contribution < -0.4 is 0 Å². The molecule has 0 saturated heterocycles. The minimum Gasteiger partial charge on any atom is -0.462 e. The molecule has 6 heteroatoms. The summed E-state index contributed by atoms with van der Waals surface area (Å²) < 4.78 is 16.7. The molecule has 0 radical (unpaired) electrons. The molecule has 1 atom stereocenters. The zero-order chi connectivity index (χ0) is 47.2. The van der Waals surface area contributed by atoms with Crippen molar-refractivity contribution >= 4 is 17.9 Å². The molecule has 0 amide bonds. The van der Waals surface area contributed by atoms with E-state index in [4.69, 9.17) is 14.2 Å². The summed E-state index contributed by atoms with van der Waals surface area (Å²) in [6, 6.07) is 0. The van der Waals surface area contributed by atoms with Gasteiger partial charge in [-0.2, -0.15) is 0 Å². The summed E-state index contributed by atoms with van der Waals surface area (Å²) in [5.41, 5.74) is 0. The fourth-order valence-electron chi connectivity index (χ4n) is 7.32. The van der Waals surface area contributed by atoms with Crippen LogP contribution in [0.15, 0.2) is 85.1 Å². The van der Waals surface area contributed by atoms with Gasteiger partial charge in [0.15, 0.2) is 6.10 Å². The van der Waals surface area contributed by atoms with Gasteiger partial charge in [-0.1, -0.05) is 221 Å². The standard InChI is InChI=1S/C59H100O6/c1-4-7-10-13-16-19-21-23-25-27-28-29-30-31-32-33-35-36-38-40-43-46-49-52-58(61)64-55-56(54-63-57(60)51-48-45-42-18-15-12-9-6-3)65-59(62)53-50-47-44-41-39-37-34-26-24-22-20-17-14-11-8-5-2/h7,10,16,19,23,25-26,28-29,31-32,34-36,56H,4-6,8-9,11-15,17-18,20-22,24,27,30,33,37-55H2,1-3H3/b10-7-,19-16-,25-23-,29-28-,32-31-,34-26-,36-35-. The summed E-state index contributed by atoms with van der Waals surface area (Å²) in [4.78, 5) is 37.9. The van der Waals surface area contributed by atoms with Gasteiger partial charge in [-0.25, -0.2) is 0 Å². The van der Waals surface area contributed by atoms with E-state index in [-0.39, 0.29) is 31.1 Å². The van der Waals surface area contributed by atoms with E-state index < -0.39 is 6.10 Å². The predicted octanol–water partition coefficient (Wildman–Crippen LogP) is 18.0. The molecule has 0 aliphatic heterocycles. The van der Waals surface area contributed by atoms with Gasteiger partial charge in [0.2, 0.25) is 0 Å². The van der Waals surface area contributed by atoms with Crippen molar-refractivity contribution in [2.45, 2.75) is 258 Å². The van der Waals surface area contributed by atoms with Gasteiger partial charge < -0.3 is 14.2 Å². The molecule has 0 N–H and O–H groups in total. The Kier molecular flexibility index (Phi) is 50.4. The van der Waals surface area contributed by atoms with Crippen molar-refractivity contribution < 1.29 is 28.6 Å². The van der Waals surface area contributed by atoms with E-state index in [1.807, 2.05) is 0 Å². The SMILES string of the molecule is CC/C=C\C/C=C\C/C=C\C/C=C\C/C=C\C/C=C\CCCCCCC(=O)OCC(COC(=O)CCCCCCCCCC)OC(=O)CCCCCCC/C=C\CCCCCCCCC. The lowest BCUT2D eigenvalue weighted by atomic mass is 10.1. The maximum absolute atomic E-state index is 12.8. The molecule has 0 aliphatic carbocycles. The van der Waals surface area contributed by atoms with Gasteiger partial charge in [0.25, 0.3) is 0 Å². The number of hydrogen-bond donors (Lipinski definition) is 0. The summed E-state index contributed by atoms with van der Waals surface area (Å²) in [6.07, 6.45) is 68.6. The number of carbonyl (C=O) groups excluding carboxylic acids is 3. The molecular weight excluding hydrogens is 805 g/mol. The van der Waals surface area contributed by atoms with Crippen LogP contribution in [-0.4, -0.2) is 37.2 Å². The van der Waals surface area contributed by atoms with Crippen molar-refractivity contribution in [1.29, 1.82) is 0 Å². The molecule has 65 heavy (non-hydrogen) atoms. The monoisotopic (exact) mass is 905 g/mol. The Balaban J connectivity index is 4.33. The number of unbranched alkanes of at least 4 members (excludes halogenated alkanes) is 23. The van der Waals surface area contributed by atoms with Crippen molar-refractivity contribution in [2.24, 2.45) is 0 Å². The van der Waals surface area contributed by atoms with Gasteiger partial charge in [-0.05, 0) is 96.3 Å². The number of rotatable bonds is 48. The molecule has 0 aromatic carbocycles. The normalized spacial score (nSPS) is 12.7. The first-order chi connectivity index (χ1) is 32.0. The molecule has 0 rings (SSSR count). The van der Waals surface area contributed by atoms with Crippen molar-refractivity contribution in [3.05, 3.63) is 85.1 Å². The van der Waals surface area contributed by atoms with Crippen LogP contribution in [0, 0.1) is 0 Å². The van der Waals surface area contributed by atoms with Crippen molar-refractivity contribution in [3.63, 3.8) is 0 Å². The second-order valence-electron chi connectivity index (χ2n) is 17.8. The lowest BCUT2D eigenvalue weighted by Crippen LogP contribution is -2.30. The Hall–Kier alpha value is -3.41. The maximum atomic E-state index is 12.8. The molecule has 372 valence electrons. The molecular formula is C59H100O6. The average Bonchev–Trinajstić information content (AvgIpc) is 3.30. The molecule has 1 unspecified atom stereocenters. The van der Waals surface area contributed by atoms with E-state index in [1.165, 1.54) is 89.9 Å². The highest BCUT2D eigenvalue weighted by atomic mass is 16.6. The minimum absolute atomic E-state index is 0.0874. The summed E-state index contributed by atoms with van der Waals surface area (Å²) in [5.74, 6) is -0.925. The third-order valence-electron chi connectivity index (χ3n) is 11.4. The van der Waals surface area contributed by atoms with Crippen LogP contribution in [0.25, 0.3) is 0 Å². The molecule has 0 aromatic rings. The number of carbonyl (C=O) groups is 3. The van der Waals surface area contributed by atoms with Crippen molar-refractivity contribution in [2.75, 3.05) is 13.2 Å². The third-order valence-corrected chi connectivity index (χ3v) is 11.4. The first-order valence-electron chi connectivity index (χ1n) is 27.1. The highest BCUT2D eigenvalue weighted by Crippen LogP contribution is 2.14. The van der Waals surface area contributed by atoms with Gasteiger partial charge in [0.1, 0.15) is 13.2 Å². The molecule has 0 saturated carbocycles. The van der Waals surface area contributed by atoms with Crippen LogP contribution in [0.3, 0.4) is 0 Å². The van der Waals surface area contributed by atoms with Crippen LogP contribution in [0.5, 0.6) is 0 Å². The second kappa shape index (κ2) is 53.2. The highest BCUT2D eigenvalue weighted by Gasteiger charge is 2.19. The molecule has 0 spiro atoms. The average molecular weight is 905 g/mol. The largest absolute Gasteiger partial charge is 0.462 e. The number of allylic oxidation sites excluding steroid dienone is 14. The van der Waals surface area contributed by atoms with Gasteiger partial charge in [-0.15, -0.1) is 0 Å². The van der Waals surface area contributed by atoms with E-state index in [2.05, 4.69) is 106 Å². The van der Waals surface area contributed by atoms with E-state index in [1.54, 1.807) is 0 Å². The molecule has 0 bridgehead atoms. The maximum Gasteiger partial charge on any atom is 0.306 e. The van der Waals surface area contributed by atoms with Gasteiger partial charge >= 0.3 is 17.9 Å². The Labute approximate surface area is 401 Å². The lowest BCUT2D eigenvalue weighted by molar-refractivity contribution is -0.167. The van der Waals surface area contributed by atoms with Crippen LogP contribution in [-0.2, 0) is 28.6 Å². The molecule has 0 aromatic heterocycles. The minimum atomic E-state index is -0.789. The van der Waals surface area contributed by atoms with Gasteiger partial charge in [0.05, 0.1) is 0 Å². The van der Waals surface area contributed by atoms with E-state index >= 15 is 0 Å². The van der Waals surface area contributed by atoms with Gasteiger partial charge in [0, 0.05) is 19.3 Å². The van der Waals surface area contributed by atoms with Crippen molar-refractivity contribution in [3.8, 4) is 0 Å². The lowest BCUT2D eigenvalue weighted by Gasteiger charge is -2.18. The summed E-state index contributed by atoms with van der Waals surface area (Å²) >= 11 is 0. The number of hydrogen-bond acceptors (Lipinski definition) is 6. The van der Waals surface area contributed by atoms with Gasteiger partial charge in [-0.3, -0.25) is 14.4 Å². The fourth-order valence-corrected chi connectivity index (χ4v) is 7.32. The highest BCUT2D eigenvalue weighted by molar-refractivity contribution is 5.71. The predicted molar refractivity (Wildman–Crippen MR) is 279 cm³/mol. The molecule has 0 fully saturated rings. The summed E-state index contributed by atoms with van der Waals surface area (Å²) in [7, 11) is 0. The Morgan fingerprint density at radius 2 is 0.600 bits per heavy atom. The smallest absolute Gasteiger partial charge is 0.306 e. The Morgan fingerprint density at radius 1 is 0.323 bits per heavy atom. The van der Waals surface area contributed by atoms with E-state index in [0.717, 1.165) is 122 Å². The first kappa shape index (κ1) is 61.6. The zero-order valence-corrected chi connectivity index (χ0v) is 42.5. The first-order valence-corrected chi connectivity index (χ1v) is 27.1. The quantitative estimate of drug-likeness (QED) is 0.0262. The molecule has 0 heterocycles. The number of ether oxygens (including phenoxy) is 3. The molecule has 0 aliphatic rings. The Morgan fingerprint density at radius 3 is 0.954 bits per heavy atom. The van der Waals surface area contributed by atoms with E-state index in [0.29, 0.717) is 19.3 Å². The molecule has 6 nitrogen and oxygen atoms in total. The van der Waals surface area contributed by atoms with Crippen LogP contribution in [0.1, 0.15) is 252 Å². The summed E-state index contributed by atoms with van der Waals surface area (Å²) in [6.45, 7) is 6.46. The third kappa shape index (κ3) is 51.4. The number of esters is 3. The van der Waals surface area contributed by atoms with Crippen LogP contribution >= 0.6 is 0 Å².